The molecule has 162 valence electrons. The number of pyridine rings is 1. The molecule has 7 nitrogen and oxygen atoms in total. The summed E-state index contributed by atoms with van der Waals surface area (Å²) in [5, 5.41) is 3.99. The Hall–Kier alpha value is -3.20. The van der Waals surface area contributed by atoms with Crippen LogP contribution in [0.15, 0.2) is 54.7 Å². The van der Waals surface area contributed by atoms with Crippen LogP contribution in [-0.4, -0.2) is 42.2 Å². The average Bonchev–Trinajstić information content (AvgIpc) is 3.19. The Balaban J connectivity index is 1.43. The molecule has 2 aromatic heterocycles. The van der Waals surface area contributed by atoms with Gasteiger partial charge in [-0.25, -0.2) is 9.97 Å². The third kappa shape index (κ3) is 4.25. The van der Waals surface area contributed by atoms with Crippen LogP contribution in [-0.2, 0) is 4.74 Å². The van der Waals surface area contributed by atoms with Gasteiger partial charge in [-0.3, -0.25) is 4.79 Å². The van der Waals surface area contributed by atoms with E-state index >= 15 is 0 Å². The van der Waals surface area contributed by atoms with Gasteiger partial charge in [-0.05, 0) is 42.0 Å². The number of nitrogens with one attached hydrogen (secondary N) is 1. The number of hydrogen-bond acceptors (Lipinski definition) is 7. The van der Waals surface area contributed by atoms with Crippen LogP contribution in [0.5, 0.6) is 0 Å². The van der Waals surface area contributed by atoms with Gasteiger partial charge in [0, 0.05) is 29.2 Å². The van der Waals surface area contributed by atoms with Gasteiger partial charge in [0.05, 0.1) is 35.3 Å². The summed E-state index contributed by atoms with van der Waals surface area (Å²) in [4.78, 5) is 24.2. The Kier molecular flexibility index (Phi) is 5.65. The van der Waals surface area contributed by atoms with Crippen LogP contribution in [0.1, 0.15) is 10.4 Å². The molecule has 4 aromatic rings. The number of ether oxygens (including phenoxy) is 1. The zero-order chi connectivity index (χ0) is 22.1. The number of anilines is 3. The van der Waals surface area contributed by atoms with Crippen LogP contribution in [0.25, 0.3) is 21.3 Å². The van der Waals surface area contributed by atoms with Gasteiger partial charge in [0.15, 0.2) is 5.13 Å². The minimum atomic E-state index is -0.233. The first-order chi connectivity index (χ1) is 15.6. The van der Waals surface area contributed by atoms with Crippen molar-refractivity contribution in [1.29, 1.82) is 0 Å². The van der Waals surface area contributed by atoms with E-state index in [4.69, 9.17) is 22.1 Å². The fourth-order valence-corrected chi connectivity index (χ4v) is 4.69. The van der Waals surface area contributed by atoms with Crippen LogP contribution < -0.4 is 16.0 Å². The number of amides is 1. The molecule has 0 spiro atoms. The molecular weight excluding hydrogens is 446 g/mol. The SMILES string of the molecule is Nc1nc2c(-c3cccc(Cl)c3)cc(C(=O)Nc3ccc(N4CCOCC4)nc3)cc2s1. The maximum Gasteiger partial charge on any atom is 0.255 e. The number of halogens is 1. The molecule has 0 radical (unpaired) electrons. The lowest BCUT2D eigenvalue weighted by Gasteiger charge is -2.27. The smallest absolute Gasteiger partial charge is 0.255 e. The number of hydrogen-bond donors (Lipinski definition) is 2. The van der Waals surface area contributed by atoms with E-state index in [0.29, 0.717) is 34.6 Å². The molecule has 2 aromatic carbocycles. The summed E-state index contributed by atoms with van der Waals surface area (Å²) in [6.07, 6.45) is 1.67. The molecule has 9 heteroatoms. The average molecular weight is 466 g/mol. The minimum absolute atomic E-state index is 0.233. The fraction of sp³-hybridized carbons (Fsp3) is 0.174. The monoisotopic (exact) mass is 465 g/mol. The second-order valence-corrected chi connectivity index (χ2v) is 8.89. The van der Waals surface area contributed by atoms with E-state index in [1.165, 1.54) is 11.3 Å². The molecule has 3 heterocycles. The van der Waals surface area contributed by atoms with Gasteiger partial charge in [-0.15, -0.1) is 0 Å². The van der Waals surface area contributed by atoms with Crippen molar-refractivity contribution < 1.29 is 9.53 Å². The lowest BCUT2D eigenvalue weighted by molar-refractivity contribution is 0.102. The van der Waals surface area contributed by atoms with E-state index in [1.54, 1.807) is 6.20 Å². The van der Waals surface area contributed by atoms with Gasteiger partial charge in [0.25, 0.3) is 5.91 Å². The summed E-state index contributed by atoms with van der Waals surface area (Å²) in [6, 6.07) is 14.9. The third-order valence-corrected chi connectivity index (χ3v) is 6.32. The molecule has 1 fully saturated rings. The highest BCUT2D eigenvalue weighted by atomic mass is 35.5. The predicted molar refractivity (Wildman–Crippen MR) is 130 cm³/mol. The highest BCUT2D eigenvalue weighted by Gasteiger charge is 2.16. The largest absolute Gasteiger partial charge is 0.378 e. The maximum atomic E-state index is 13.1. The normalized spacial score (nSPS) is 14.0. The Morgan fingerprint density at radius 3 is 2.75 bits per heavy atom. The Morgan fingerprint density at radius 2 is 2.00 bits per heavy atom. The van der Waals surface area contributed by atoms with Gasteiger partial charge in [0.1, 0.15) is 5.82 Å². The lowest BCUT2D eigenvalue weighted by Crippen LogP contribution is -2.36. The quantitative estimate of drug-likeness (QED) is 0.454. The van der Waals surface area contributed by atoms with E-state index in [9.17, 15) is 4.79 Å². The first-order valence-corrected chi connectivity index (χ1v) is 11.3. The highest BCUT2D eigenvalue weighted by molar-refractivity contribution is 7.22. The molecule has 5 rings (SSSR count). The molecule has 0 saturated carbocycles. The first kappa shape index (κ1) is 20.7. The minimum Gasteiger partial charge on any atom is -0.378 e. The number of morpholine rings is 1. The fourth-order valence-electron chi connectivity index (χ4n) is 3.70. The number of nitrogens with two attached hydrogens (primary N) is 1. The number of fused-ring (bicyclic) bond motifs is 1. The van der Waals surface area contributed by atoms with E-state index in [-0.39, 0.29) is 5.91 Å². The third-order valence-electron chi connectivity index (χ3n) is 5.25. The number of thiazole rings is 1. The summed E-state index contributed by atoms with van der Waals surface area (Å²) >= 11 is 7.54. The summed E-state index contributed by atoms with van der Waals surface area (Å²) in [7, 11) is 0. The van der Waals surface area contributed by atoms with Gasteiger partial charge >= 0.3 is 0 Å². The molecule has 32 heavy (non-hydrogen) atoms. The number of aromatic nitrogens is 2. The highest BCUT2D eigenvalue weighted by Crippen LogP contribution is 2.35. The molecule has 1 aliphatic heterocycles. The second-order valence-electron chi connectivity index (χ2n) is 7.39. The van der Waals surface area contributed by atoms with Crippen molar-refractivity contribution in [2.45, 2.75) is 0 Å². The number of carbonyl (C=O) groups is 1. The van der Waals surface area contributed by atoms with E-state index in [1.807, 2.05) is 48.5 Å². The van der Waals surface area contributed by atoms with E-state index < -0.39 is 0 Å². The number of benzene rings is 2. The Labute approximate surface area is 193 Å². The van der Waals surface area contributed by atoms with Crippen molar-refractivity contribution in [3.63, 3.8) is 0 Å². The molecule has 0 unspecified atom stereocenters. The van der Waals surface area contributed by atoms with Gasteiger partial charge in [0.2, 0.25) is 0 Å². The summed E-state index contributed by atoms with van der Waals surface area (Å²) < 4.78 is 6.22. The standard InChI is InChI=1S/C23H20ClN5O2S/c24-16-3-1-2-14(10-16)18-11-15(12-19-21(18)28-23(25)32-19)22(30)27-17-4-5-20(26-13-17)29-6-8-31-9-7-29/h1-5,10-13H,6-9H2,(H2,25,28)(H,27,30). The summed E-state index contributed by atoms with van der Waals surface area (Å²) in [6.45, 7) is 3.01. The number of nitrogen functional groups attached to an aromatic ring is 1. The van der Waals surface area contributed by atoms with Crippen molar-refractivity contribution in [3.8, 4) is 11.1 Å². The van der Waals surface area contributed by atoms with E-state index in [0.717, 1.165) is 40.3 Å². The molecule has 0 aliphatic carbocycles. The lowest BCUT2D eigenvalue weighted by atomic mass is 10.0. The maximum absolute atomic E-state index is 13.1. The van der Waals surface area contributed by atoms with Crippen LogP contribution >= 0.6 is 22.9 Å². The van der Waals surface area contributed by atoms with E-state index in [2.05, 4.69) is 20.2 Å². The van der Waals surface area contributed by atoms with Crippen molar-refractivity contribution in [3.05, 3.63) is 65.3 Å². The zero-order valence-electron chi connectivity index (χ0n) is 17.0. The van der Waals surface area contributed by atoms with Crippen molar-refractivity contribution in [2.75, 3.05) is 42.3 Å². The predicted octanol–water partition coefficient (Wildman–Crippen LogP) is 4.68. The van der Waals surface area contributed by atoms with Crippen molar-refractivity contribution in [2.24, 2.45) is 0 Å². The van der Waals surface area contributed by atoms with Crippen molar-refractivity contribution in [1.82, 2.24) is 9.97 Å². The number of carbonyl (C=O) groups excluding carboxylic acids is 1. The number of rotatable bonds is 4. The molecular formula is C23H20ClN5O2S. The van der Waals surface area contributed by atoms with Crippen LogP contribution in [0, 0.1) is 0 Å². The van der Waals surface area contributed by atoms with Gasteiger partial charge in [-0.1, -0.05) is 35.1 Å². The first-order valence-electron chi connectivity index (χ1n) is 10.1. The summed E-state index contributed by atoms with van der Waals surface area (Å²) in [5.74, 6) is 0.638. The van der Waals surface area contributed by atoms with Crippen LogP contribution in [0.3, 0.4) is 0 Å². The Bertz CT molecular complexity index is 1290. The zero-order valence-corrected chi connectivity index (χ0v) is 18.6. The summed E-state index contributed by atoms with van der Waals surface area (Å²) in [5.41, 5.74) is 9.52. The number of nitrogens with zero attached hydrogens (tertiary/aromatic N) is 3. The molecule has 0 atom stereocenters. The topological polar surface area (TPSA) is 93.4 Å². The molecule has 0 bridgehead atoms. The molecule has 3 N–H and O–H groups in total. The Morgan fingerprint density at radius 1 is 1.16 bits per heavy atom. The molecule has 1 saturated heterocycles. The van der Waals surface area contributed by atoms with Crippen molar-refractivity contribution >= 4 is 55.7 Å². The van der Waals surface area contributed by atoms with Gasteiger partial charge < -0.3 is 20.7 Å². The molecule has 1 amide bonds. The second kappa shape index (κ2) is 8.74. The van der Waals surface area contributed by atoms with Gasteiger partial charge in [-0.2, -0.15) is 0 Å². The van der Waals surface area contributed by atoms with Crippen LogP contribution in [0.2, 0.25) is 5.02 Å². The molecule has 1 aliphatic rings. The van der Waals surface area contributed by atoms with Crippen LogP contribution in [0.4, 0.5) is 16.6 Å².